The first-order valence-corrected chi connectivity index (χ1v) is 7.93. The molecule has 1 heterocycles. The first-order valence-electron chi connectivity index (χ1n) is 7.93. The third-order valence-electron chi connectivity index (χ3n) is 4.53. The number of nitrogens with zero attached hydrogens (tertiary/aromatic N) is 1. The van der Waals surface area contributed by atoms with Crippen molar-refractivity contribution in [3.63, 3.8) is 0 Å². The Bertz CT molecular complexity index is 431. The van der Waals surface area contributed by atoms with Crippen molar-refractivity contribution >= 4 is 0 Å². The Hall–Kier alpha value is -1.06. The fourth-order valence-electron chi connectivity index (χ4n) is 3.09. The van der Waals surface area contributed by atoms with Crippen molar-refractivity contribution in [2.75, 3.05) is 33.3 Å². The number of likely N-dealkylation sites (tertiary alicyclic amines) is 1. The fraction of sp³-hybridized carbons (Fsp3) is 0.647. The van der Waals surface area contributed by atoms with Gasteiger partial charge in [0.15, 0.2) is 0 Å². The van der Waals surface area contributed by atoms with Crippen molar-refractivity contribution in [3.8, 4) is 5.75 Å². The highest BCUT2D eigenvalue weighted by Crippen LogP contribution is 2.22. The van der Waals surface area contributed by atoms with Gasteiger partial charge in [-0.15, -0.1) is 0 Å². The first kappa shape index (κ1) is 13.9. The largest absolute Gasteiger partial charge is 0.496 e. The van der Waals surface area contributed by atoms with E-state index in [-0.39, 0.29) is 0 Å². The van der Waals surface area contributed by atoms with Crippen LogP contribution in [0.25, 0.3) is 0 Å². The summed E-state index contributed by atoms with van der Waals surface area (Å²) in [5.41, 5.74) is 1.33. The maximum Gasteiger partial charge on any atom is 0.122 e. The number of nitrogens with one attached hydrogen (secondary N) is 1. The molecular weight excluding hydrogens is 248 g/mol. The van der Waals surface area contributed by atoms with Crippen LogP contribution in [0.5, 0.6) is 5.75 Å². The van der Waals surface area contributed by atoms with Crippen LogP contribution in [0.1, 0.15) is 24.8 Å². The van der Waals surface area contributed by atoms with E-state index in [1.807, 2.05) is 6.07 Å². The molecule has 1 aromatic rings. The minimum atomic E-state index is 0.845. The molecule has 3 heteroatoms. The average molecular weight is 274 g/mol. The summed E-state index contributed by atoms with van der Waals surface area (Å²) in [4.78, 5) is 2.60. The molecule has 1 saturated carbocycles. The number of benzene rings is 1. The van der Waals surface area contributed by atoms with Gasteiger partial charge in [0.25, 0.3) is 0 Å². The van der Waals surface area contributed by atoms with Crippen molar-refractivity contribution in [1.29, 1.82) is 0 Å². The van der Waals surface area contributed by atoms with Crippen LogP contribution in [-0.4, -0.2) is 44.2 Å². The van der Waals surface area contributed by atoms with Gasteiger partial charge in [0, 0.05) is 19.1 Å². The van der Waals surface area contributed by atoms with Crippen molar-refractivity contribution in [2.45, 2.75) is 31.7 Å². The van der Waals surface area contributed by atoms with Gasteiger partial charge in [0.1, 0.15) is 5.75 Å². The molecule has 1 aromatic carbocycles. The number of hydrogen-bond donors (Lipinski definition) is 1. The van der Waals surface area contributed by atoms with Gasteiger partial charge in [-0.25, -0.2) is 0 Å². The smallest absolute Gasteiger partial charge is 0.122 e. The number of rotatable bonds is 7. The summed E-state index contributed by atoms with van der Waals surface area (Å²) >= 11 is 0. The summed E-state index contributed by atoms with van der Waals surface area (Å²) in [6.45, 7) is 4.89. The van der Waals surface area contributed by atoms with Crippen molar-refractivity contribution in [3.05, 3.63) is 29.8 Å². The zero-order valence-corrected chi connectivity index (χ0v) is 12.5. The lowest BCUT2D eigenvalue weighted by atomic mass is 10.1. The summed E-state index contributed by atoms with van der Waals surface area (Å²) < 4.78 is 5.42. The average Bonchev–Trinajstić information content (AvgIpc) is 3.21. The minimum absolute atomic E-state index is 0.845. The lowest BCUT2D eigenvalue weighted by molar-refractivity contribution is 0.322. The molecule has 0 aromatic heterocycles. The maximum atomic E-state index is 5.42. The van der Waals surface area contributed by atoms with Gasteiger partial charge in [-0.1, -0.05) is 18.2 Å². The van der Waals surface area contributed by atoms with Crippen molar-refractivity contribution in [1.82, 2.24) is 10.2 Å². The Morgan fingerprint density at radius 2 is 2.10 bits per heavy atom. The molecule has 1 saturated heterocycles. The van der Waals surface area contributed by atoms with E-state index in [1.165, 1.54) is 44.5 Å². The lowest BCUT2D eigenvalue weighted by Crippen LogP contribution is -2.28. The Labute approximate surface area is 122 Å². The van der Waals surface area contributed by atoms with Crippen LogP contribution in [0, 0.1) is 5.92 Å². The molecule has 0 radical (unpaired) electrons. The van der Waals surface area contributed by atoms with Crippen molar-refractivity contribution < 1.29 is 4.74 Å². The molecule has 3 nitrogen and oxygen atoms in total. The SMILES string of the molecule is COc1ccccc1CCN1CCC(CNC2CC2)C1. The molecular formula is C17H26N2O. The number of methoxy groups -OCH3 is 1. The van der Waals surface area contributed by atoms with Gasteiger partial charge >= 0.3 is 0 Å². The van der Waals surface area contributed by atoms with Crippen LogP contribution < -0.4 is 10.1 Å². The second kappa shape index (κ2) is 6.59. The number of ether oxygens (including phenoxy) is 1. The van der Waals surface area contributed by atoms with Crippen LogP contribution in [0.3, 0.4) is 0 Å². The second-order valence-corrected chi connectivity index (χ2v) is 6.20. The number of para-hydroxylation sites is 1. The molecule has 1 aliphatic heterocycles. The van der Waals surface area contributed by atoms with Gasteiger partial charge in [0.2, 0.25) is 0 Å². The van der Waals surface area contributed by atoms with E-state index in [0.29, 0.717) is 0 Å². The van der Waals surface area contributed by atoms with E-state index in [9.17, 15) is 0 Å². The topological polar surface area (TPSA) is 24.5 Å². The van der Waals surface area contributed by atoms with Crippen molar-refractivity contribution in [2.24, 2.45) is 5.92 Å². The van der Waals surface area contributed by atoms with Gasteiger partial charge in [0.05, 0.1) is 7.11 Å². The standard InChI is InChI=1S/C17H26N2O/c1-20-17-5-3-2-4-15(17)9-11-19-10-8-14(13-19)12-18-16-6-7-16/h2-5,14,16,18H,6-13H2,1H3. The zero-order valence-electron chi connectivity index (χ0n) is 12.5. The molecule has 1 aliphatic carbocycles. The molecule has 2 aliphatic rings. The normalized spacial score (nSPS) is 23.1. The Balaban J connectivity index is 1.42. The van der Waals surface area contributed by atoms with Gasteiger partial charge in [-0.3, -0.25) is 0 Å². The molecule has 1 unspecified atom stereocenters. The Morgan fingerprint density at radius 1 is 1.25 bits per heavy atom. The van der Waals surface area contributed by atoms with Gasteiger partial charge in [-0.05, 0) is 56.3 Å². The van der Waals surface area contributed by atoms with E-state index in [4.69, 9.17) is 4.74 Å². The van der Waals surface area contributed by atoms with E-state index in [1.54, 1.807) is 7.11 Å². The maximum absolute atomic E-state index is 5.42. The molecule has 1 atom stereocenters. The van der Waals surface area contributed by atoms with Crippen LogP contribution in [0.15, 0.2) is 24.3 Å². The third kappa shape index (κ3) is 3.74. The second-order valence-electron chi connectivity index (χ2n) is 6.20. The highest BCUT2D eigenvalue weighted by molar-refractivity contribution is 5.33. The van der Waals surface area contributed by atoms with Crippen LogP contribution in [0.4, 0.5) is 0 Å². The highest BCUT2D eigenvalue weighted by atomic mass is 16.5. The molecule has 20 heavy (non-hydrogen) atoms. The van der Waals surface area contributed by atoms with Gasteiger partial charge in [-0.2, -0.15) is 0 Å². The predicted molar refractivity (Wildman–Crippen MR) is 82.3 cm³/mol. The van der Waals surface area contributed by atoms with E-state index in [0.717, 1.165) is 30.7 Å². The van der Waals surface area contributed by atoms with Crippen LogP contribution >= 0.6 is 0 Å². The highest BCUT2D eigenvalue weighted by Gasteiger charge is 2.26. The molecule has 2 fully saturated rings. The lowest BCUT2D eigenvalue weighted by Gasteiger charge is -2.17. The first-order chi connectivity index (χ1) is 9.85. The molecule has 0 bridgehead atoms. The van der Waals surface area contributed by atoms with Crippen LogP contribution in [0.2, 0.25) is 0 Å². The molecule has 1 N–H and O–H groups in total. The quantitative estimate of drug-likeness (QED) is 0.826. The zero-order chi connectivity index (χ0) is 13.8. The summed E-state index contributed by atoms with van der Waals surface area (Å²) in [6, 6.07) is 9.22. The van der Waals surface area contributed by atoms with Gasteiger partial charge < -0.3 is 15.0 Å². The Kier molecular flexibility index (Phi) is 4.58. The number of hydrogen-bond acceptors (Lipinski definition) is 3. The summed E-state index contributed by atoms with van der Waals surface area (Å²) in [5, 5.41) is 3.66. The minimum Gasteiger partial charge on any atom is -0.496 e. The molecule has 110 valence electrons. The van der Waals surface area contributed by atoms with E-state index in [2.05, 4.69) is 28.4 Å². The summed E-state index contributed by atoms with van der Waals surface area (Å²) in [7, 11) is 1.76. The van der Waals surface area contributed by atoms with E-state index < -0.39 is 0 Å². The summed E-state index contributed by atoms with van der Waals surface area (Å²) in [6.07, 6.45) is 5.23. The molecule has 3 rings (SSSR count). The van der Waals surface area contributed by atoms with Crippen LogP contribution in [-0.2, 0) is 6.42 Å². The monoisotopic (exact) mass is 274 g/mol. The Morgan fingerprint density at radius 3 is 2.90 bits per heavy atom. The third-order valence-corrected chi connectivity index (χ3v) is 4.53. The van der Waals surface area contributed by atoms with E-state index >= 15 is 0 Å². The molecule has 0 amide bonds. The molecule has 0 spiro atoms. The fourth-order valence-corrected chi connectivity index (χ4v) is 3.09. The predicted octanol–water partition coefficient (Wildman–Crippen LogP) is 2.31. The summed E-state index contributed by atoms with van der Waals surface area (Å²) in [5.74, 6) is 1.88.